The first-order valence-electron chi connectivity index (χ1n) is 5.45. The third-order valence-electron chi connectivity index (χ3n) is 1.94. The maximum absolute atomic E-state index is 11.5. The molecule has 0 saturated heterocycles. The van der Waals surface area contributed by atoms with Gasteiger partial charge in [-0.05, 0) is 19.1 Å². The van der Waals surface area contributed by atoms with E-state index in [1.54, 1.807) is 12.1 Å². The Balaban J connectivity index is 2.32. The van der Waals surface area contributed by atoms with E-state index in [1.807, 2.05) is 12.2 Å². The molecule has 1 heterocycles. The number of aryl methyl sites for hydroxylation is 1. The molecule has 1 aromatic heterocycles. The van der Waals surface area contributed by atoms with Gasteiger partial charge in [0.05, 0.1) is 0 Å². The summed E-state index contributed by atoms with van der Waals surface area (Å²) in [5, 5.41) is 4.37. The van der Waals surface area contributed by atoms with E-state index in [4.69, 9.17) is 4.74 Å². The number of carbonyl (C=O) groups excluding carboxylic acids is 3. The van der Waals surface area contributed by atoms with Crippen LogP contribution in [0.25, 0.3) is 0 Å². The summed E-state index contributed by atoms with van der Waals surface area (Å²) < 4.78 is 4.77. The number of carbonyl (C=O) groups is 3. The molecule has 0 saturated carbocycles. The summed E-state index contributed by atoms with van der Waals surface area (Å²) in [4.78, 5) is 35.3. The van der Waals surface area contributed by atoms with Gasteiger partial charge in [0.25, 0.3) is 5.91 Å². The first-order valence-corrected chi connectivity index (χ1v) is 6.26. The number of esters is 1. The van der Waals surface area contributed by atoms with Crippen molar-refractivity contribution < 1.29 is 19.1 Å². The molecule has 3 amide bonds. The molecule has 19 heavy (non-hydrogen) atoms. The zero-order valence-corrected chi connectivity index (χ0v) is 11.2. The maximum atomic E-state index is 11.5. The lowest BCUT2D eigenvalue weighted by atomic mass is 10.4. The molecule has 6 nitrogen and oxygen atoms in total. The molecular weight excluding hydrogens is 268 g/mol. The number of nitrogens with one attached hydrogen (secondary N) is 2. The summed E-state index contributed by atoms with van der Waals surface area (Å²) in [6.45, 7) is 5.01. The first kappa shape index (κ1) is 14.9. The number of rotatable bonds is 5. The van der Waals surface area contributed by atoms with Crippen LogP contribution in [0.15, 0.2) is 24.8 Å². The summed E-state index contributed by atoms with van der Waals surface area (Å²) in [6, 6.07) is 2.74. The van der Waals surface area contributed by atoms with Crippen LogP contribution in [-0.2, 0) is 9.53 Å². The van der Waals surface area contributed by atoms with Gasteiger partial charge < -0.3 is 10.1 Å². The van der Waals surface area contributed by atoms with Gasteiger partial charge in [0.2, 0.25) is 0 Å². The van der Waals surface area contributed by atoms with Crippen molar-refractivity contribution in [2.45, 2.75) is 6.92 Å². The van der Waals surface area contributed by atoms with E-state index in [0.29, 0.717) is 4.88 Å². The van der Waals surface area contributed by atoms with Crippen LogP contribution >= 0.6 is 11.3 Å². The number of hydrogen-bond donors (Lipinski definition) is 2. The fourth-order valence-electron chi connectivity index (χ4n) is 1.12. The number of urea groups is 1. The van der Waals surface area contributed by atoms with Crippen molar-refractivity contribution in [2.24, 2.45) is 0 Å². The Labute approximate surface area is 114 Å². The van der Waals surface area contributed by atoms with Gasteiger partial charge in [-0.3, -0.25) is 10.1 Å². The van der Waals surface area contributed by atoms with Crippen LogP contribution in [0.4, 0.5) is 4.79 Å². The standard InChI is InChI=1S/C12H14N2O4S/c1-3-6-13-12(17)14-10(15)7-18-11(16)9-5-4-8(2)19-9/h3-5H,1,6-7H2,2H3,(H2,13,14,15,17). The molecule has 1 rings (SSSR count). The van der Waals surface area contributed by atoms with Crippen molar-refractivity contribution in [1.82, 2.24) is 10.6 Å². The highest BCUT2D eigenvalue weighted by Gasteiger charge is 2.13. The van der Waals surface area contributed by atoms with E-state index in [-0.39, 0.29) is 6.54 Å². The Morgan fingerprint density at radius 2 is 2.16 bits per heavy atom. The number of hydrogen-bond acceptors (Lipinski definition) is 5. The van der Waals surface area contributed by atoms with E-state index in [1.165, 1.54) is 17.4 Å². The molecule has 0 atom stereocenters. The van der Waals surface area contributed by atoms with Crippen molar-refractivity contribution in [3.63, 3.8) is 0 Å². The monoisotopic (exact) mass is 282 g/mol. The van der Waals surface area contributed by atoms with Crippen molar-refractivity contribution >= 4 is 29.2 Å². The number of thiophene rings is 1. The summed E-state index contributed by atoms with van der Waals surface area (Å²) in [6.07, 6.45) is 1.48. The minimum Gasteiger partial charge on any atom is -0.451 e. The Kier molecular flexibility index (Phi) is 5.74. The number of amides is 3. The molecule has 0 aliphatic heterocycles. The quantitative estimate of drug-likeness (QED) is 0.628. The van der Waals surface area contributed by atoms with Crippen molar-refractivity contribution in [3.8, 4) is 0 Å². The van der Waals surface area contributed by atoms with Crippen LogP contribution in [0.5, 0.6) is 0 Å². The van der Waals surface area contributed by atoms with Crippen LogP contribution in [-0.4, -0.2) is 31.1 Å². The normalized spacial score (nSPS) is 9.53. The molecule has 2 N–H and O–H groups in total. The summed E-state index contributed by atoms with van der Waals surface area (Å²) in [5.41, 5.74) is 0. The van der Waals surface area contributed by atoms with E-state index in [9.17, 15) is 14.4 Å². The molecule has 0 unspecified atom stereocenters. The molecule has 0 aliphatic rings. The zero-order chi connectivity index (χ0) is 14.3. The summed E-state index contributed by atoms with van der Waals surface area (Å²) in [5.74, 6) is -1.28. The second kappa shape index (κ2) is 7.32. The second-order valence-corrected chi connectivity index (χ2v) is 4.82. The Morgan fingerprint density at radius 1 is 1.42 bits per heavy atom. The van der Waals surface area contributed by atoms with Crippen LogP contribution < -0.4 is 10.6 Å². The Hall–Kier alpha value is -2.15. The van der Waals surface area contributed by atoms with Crippen molar-refractivity contribution in [3.05, 3.63) is 34.5 Å². The largest absolute Gasteiger partial charge is 0.451 e. The van der Waals surface area contributed by atoms with Crippen LogP contribution in [0.2, 0.25) is 0 Å². The fraction of sp³-hybridized carbons (Fsp3) is 0.250. The molecule has 1 aromatic rings. The molecule has 0 spiro atoms. The average Bonchev–Trinajstić information content (AvgIpc) is 2.80. The van der Waals surface area contributed by atoms with E-state index in [0.717, 1.165) is 4.88 Å². The maximum Gasteiger partial charge on any atom is 0.348 e. The summed E-state index contributed by atoms with van der Waals surface area (Å²) >= 11 is 1.28. The highest BCUT2D eigenvalue weighted by Crippen LogP contribution is 2.15. The molecule has 0 fully saturated rings. The minimum atomic E-state index is -0.691. The Bertz CT molecular complexity index is 496. The molecule has 0 aliphatic carbocycles. The SMILES string of the molecule is C=CCNC(=O)NC(=O)COC(=O)c1ccc(C)s1. The molecule has 0 radical (unpaired) electrons. The van der Waals surface area contributed by atoms with Gasteiger partial charge in [-0.25, -0.2) is 9.59 Å². The Morgan fingerprint density at radius 3 is 2.74 bits per heavy atom. The van der Waals surface area contributed by atoms with Crippen LogP contribution in [0, 0.1) is 6.92 Å². The number of imide groups is 1. The van der Waals surface area contributed by atoms with Gasteiger partial charge >= 0.3 is 12.0 Å². The predicted octanol–water partition coefficient (Wildman–Crippen LogP) is 1.23. The molecule has 0 bridgehead atoms. The third-order valence-corrected chi connectivity index (χ3v) is 2.92. The van der Waals surface area contributed by atoms with Crippen LogP contribution in [0.1, 0.15) is 14.5 Å². The average molecular weight is 282 g/mol. The highest BCUT2D eigenvalue weighted by atomic mass is 32.1. The number of ether oxygens (including phenoxy) is 1. The zero-order valence-electron chi connectivity index (χ0n) is 10.4. The highest BCUT2D eigenvalue weighted by molar-refractivity contribution is 7.13. The predicted molar refractivity (Wildman–Crippen MR) is 71.1 cm³/mol. The fourth-order valence-corrected chi connectivity index (χ4v) is 1.88. The van der Waals surface area contributed by atoms with Gasteiger partial charge in [-0.15, -0.1) is 17.9 Å². The van der Waals surface area contributed by atoms with Gasteiger partial charge in [0.1, 0.15) is 4.88 Å². The topological polar surface area (TPSA) is 84.5 Å². The summed E-state index contributed by atoms with van der Waals surface area (Å²) in [7, 11) is 0. The second-order valence-electron chi connectivity index (χ2n) is 3.53. The van der Waals surface area contributed by atoms with E-state index in [2.05, 4.69) is 11.9 Å². The lowest BCUT2D eigenvalue weighted by Crippen LogP contribution is -2.41. The third kappa shape index (κ3) is 5.35. The molecule has 0 aromatic carbocycles. The lowest BCUT2D eigenvalue weighted by molar-refractivity contribution is -0.123. The first-order chi connectivity index (χ1) is 9.02. The smallest absolute Gasteiger partial charge is 0.348 e. The van der Waals surface area contributed by atoms with Gasteiger partial charge in [-0.2, -0.15) is 0 Å². The van der Waals surface area contributed by atoms with Crippen LogP contribution in [0.3, 0.4) is 0 Å². The molecule has 102 valence electrons. The van der Waals surface area contributed by atoms with E-state index >= 15 is 0 Å². The molecule has 7 heteroatoms. The van der Waals surface area contributed by atoms with Gasteiger partial charge in [-0.1, -0.05) is 6.08 Å². The van der Waals surface area contributed by atoms with Gasteiger partial charge in [0.15, 0.2) is 6.61 Å². The van der Waals surface area contributed by atoms with Crippen molar-refractivity contribution in [1.29, 1.82) is 0 Å². The minimum absolute atomic E-state index is 0.243. The van der Waals surface area contributed by atoms with E-state index < -0.39 is 24.5 Å². The van der Waals surface area contributed by atoms with Gasteiger partial charge in [0, 0.05) is 11.4 Å². The molecular formula is C12H14N2O4S. The lowest BCUT2D eigenvalue weighted by Gasteiger charge is -2.05. The van der Waals surface area contributed by atoms with Crippen molar-refractivity contribution in [2.75, 3.05) is 13.2 Å².